The Bertz CT molecular complexity index is 793. The van der Waals surface area contributed by atoms with Crippen molar-refractivity contribution in [2.75, 3.05) is 26.8 Å². The number of carbonyl (C=O) groups is 1. The van der Waals surface area contributed by atoms with Crippen molar-refractivity contribution in [3.05, 3.63) is 45.5 Å². The Morgan fingerprint density at radius 3 is 2.93 bits per heavy atom. The number of fused-ring (bicyclic) bond motifs is 1. The number of urea groups is 1. The number of dihydropyridines is 1. The molecule has 1 fully saturated rings. The van der Waals surface area contributed by atoms with Crippen LogP contribution in [-0.2, 0) is 4.74 Å². The van der Waals surface area contributed by atoms with Crippen molar-refractivity contribution in [1.29, 1.82) is 0 Å². The number of thioether (sulfide) groups is 1. The van der Waals surface area contributed by atoms with Gasteiger partial charge in [-0.05, 0) is 62.6 Å². The van der Waals surface area contributed by atoms with Crippen LogP contribution in [0.5, 0.6) is 0 Å². The van der Waals surface area contributed by atoms with Crippen LogP contribution in [0.15, 0.2) is 50.5 Å². The highest BCUT2D eigenvalue weighted by atomic mass is 32.2. The maximum Gasteiger partial charge on any atom is 0.317 e. The molecule has 3 rings (SSSR count). The Morgan fingerprint density at radius 1 is 1.43 bits per heavy atom. The number of hydrogen-bond acceptors (Lipinski definition) is 5. The molecule has 1 unspecified atom stereocenters. The van der Waals surface area contributed by atoms with Crippen LogP contribution < -0.4 is 10.6 Å². The fourth-order valence-corrected chi connectivity index (χ4v) is 4.60. The number of aliphatic imine (C=N–C) groups is 1. The third kappa shape index (κ3) is 6.25. The van der Waals surface area contributed by atoms with Gasteiger partial charge in [-0.2, -0.15) is 0 Å². The largest absolute Gasteiger partial charge is 0.383 e. The first-order valence-corrected chi connectivity index (χ1v) is 11.6. The summed E-state index contributed by atoms with van der Waals surface area (Å²) in [6.07, 6.45) is 12.8. The first kappa shape index (κ1) is 22.7. The van der Waals surface area contributed by atoms with E-state index in [1.807, 2.05) is 24.9 Å². The first-order chi connectivity index (χ1) is 14.5. The Morgan fingerprint density at radius 2 is 2.23 bits per heavy atom. The number of nitrogens with one attached hydrogen (secondary N) is 2. The molecule has 1 saturated carbocycles. The molecule has 0 saturated heterocycles. The SMILES string of the molecule is CCCC1=C2SC(C(C)=N/C=C(\C)CN(CCOC)C(=O)NC3CC3)=CC2NC=C1. The number of amides is 2. The monoisotopic (exact) mass is 430 g/mol. The van der Waals surface area contributed by atoms with E-state index in [0.717, 1.165) is 37.0 Å². The highest BCUT2D eigenvalue weighted by Crippen LogP contribution is 2.41. The van der Waals surface area contributed by atoms with Gasteiger partial charge >= 0.3 is 6.03 Å². The molecule has 1 atom stereocenters. The number of allylic oxidation sites excluding steroid dienone is 3. The summed E-state index contributed by atoms with van der Waals surface area (Å²) in [7, 11) is 1.66. The lowest BCUT2D eigenvalue weighted by molar-refractivity contribution is 0.153. The van der Waals surface area contributed by atoms with Gasteiger partial charge in [0.25, 0.3) is 0 Å². The molecule has 0 bridgehead atoms. The number of nitrogens with zero attached hydrogens (tertiary/aromatic N) is 2. The van der Waals surface area contributed by atoms with Crippen molar-refractivity contribution in [1.82, 2.24) is 15.5 Å². The maximum atomic E-state index is 12.5. The highest BCUT2D eigenvalue weighted by Gasteiger charge is 2.27. The van der Waals surface area contributed by atoms with E-state index in [4.69, 9.17) is 9.73 Å². The Balaban J connectivity index is 1.62. The van der Waals surface area contributed by atoms with Gasteiger partial charge in [-0.1, -0.05) is 25.1 Å². The molecule has 6 nitrogen and oxygen atoms in total. The zero-order valence-electron chi connectivity index (χ0n) is 18.5. The molecular weight excluding hydrogens is 396 g/mol. The van der Waals surface area contributed by atoms with Gasteiger partial charge in [-0.15, -0.1) is 0 Å². The highest BCUT2D eigenvalue weighted by molar-refractivity contribution is 8.08. The molecule has 2 amide bonds. The minimum atomic E-state index is -0.0184. The third-order valence-electron chi connectivity index (χ3n) is 5.25. The van der Waals surface area contributed by atoms with Crippen molar-refractivity contribution >= 4 is 23.5 Å². The van der Waals surface area contributed by atoms with Crippen molar-refractivity contribution in [3.8, 4) is 0 Å². The Hall–Kier alpha value is -1.99. The van der Waals surface area contributed by atoms with Crippen LogP contribution in [0.25, 0.3) is 0 Å². The Labute approximate surface area is 184 Å². The summed E-state index contributed by atoms with van der Waals surface area (Å²) in [6, 6.07) is 0.592. The molecule has 3 aliphatic rings. The van der Waals surface area contributed by atoms with Crippen molar-refractivity contribution in [3.63, 3.8) is 0 Å². The van der Waals surface area contributed by atoms with Crippen LogP contribution in [-0.4, -0.2) is 55.5 Å². The number of methoxy groups -OCH3 is 1. The fraction of sp³-hybridized carbons (Fsp3) is 0.565. The second kappa shape index (κ2) is 10.9. The second-order valence-electron chi connectivity index (χ2n) is 8.08. The van der Waals surface area contributed by atoms with Crippen molar-refractivity contribution in [2.45, 2.75) is 58.5 Å². The third-order valence-corrected chi connectivity index (χ3v) is 6.64. The molecule has 2 aliphatic heterocycles. The molecule has 2 N–H and O–H groups in total. The first-order valence-electron chi connectivity index (χ1n) is 10.8. The van der Waals surface area contributed by atoms with E-state index < -0.39 is 0 Å². The van der Waals surface area contributed by atoms with Gasteiger partial charge in [0.2, 0.25) is 0 Å². The average molecular weight is 431 g/mol. The minimum absolute atomic E-state index is 0.0184. The summed E-state index contributed by atoms with van der Waals surface area (Å²) in [4.78, 5) is 21.6. The van der Waals surface area contributed by atoms with Crippen LogP contribution in [0.3, 0.4) is 0 Å². The molecule has 0 spiro atoms. The quantitative estimate of drug-likeness (QED) is 0.506. The summed E-state index contributed by atoms with van der Waals surface area (Å²) in [5.41, 5.74) is 3.47. The zero-order chi connectivity index (χ0) is 21.5. The molecule has 0 aromatic rings. The molecular formula is C23H34N4O2S. The van der Waals surface area contributed by atoms with Crippen molar-refractivity contribution < 1.29 is 9.53 Å². The smallest absolute Gasteiger partial charge is 0.317 e. The van der Waals surface area contributed by atoms with Gasteiger partial charge in [0.15, 0.2) is 0 Å². The van der Waals surface area contributed by atoms with Crippen LogP contribution >= 0.6 is 11.8 Å². The summed E-state index contributed by atoms with van der Waals surface area (Å²) < 4.78 is 5.17. The zero-order valence-corrected chi connectivity index (χ0v) is 19.3. The van der Waals surface area contributed by atoms with Crippen molar-refractivity contribution in [2.24, 2.45) is 4.99 Å². The van der Waals surface area contributed by atoms with E-state index in [1.54, 1.807) is 12.0 Å². The number of rotatable bonds is 10. The summed E-state index contributed by atoms with van der Waals surface area (Å²) in [6.45, 7) is 7.92. The fourth-order valence-electron chi connectivity index (χ4n) is 3.40. The summed E-state index contributed by atoms with van der Waals surface area (Å²) in [5.74, 6) is 0. The lowest BCUT2D eigenvalue weighted by Gasteiger charge is -2.23. The number of hydrogen-bond donors (Lipinski definition) is 2. The van der Waals surface area contributed by atoms with Crippen LogP contribution in [0.1, 0.15) is 46.5 Å². The van der Waals surface area contributed by atoms with Gasteiger partial charge in [0.05, 0.1) is 18.4 Å². The van der Waals surface area contributed by atoms with E-state index in [-0.39, 0.29) is 12.1 Å². The van der Waals surface area contributed by atoms with Gasteiger partial charge in [-0.25, -0.2) is 4.79 Å². The van der Waals surface area contributed by atoms with Gasteiger partial charge in [0.1, 0.15) is 0 Å². The predicted octanol–water partition coefficient (Wildman–Crippen LogP) is 4.34. The average Bonchev–Trinajstić information content (AvgIpc) is 3.43. The normalized spacial score (nSPS) is 21.3. The van der Waals surface area contributed by atoms with Gasteiger partial charge in [-0.3, -0.25) is 4.99 Å². The summed E-state index contributed by atoms with van der Waals surface area (Å²) in [5, 5.41) is 6.49. The molecule has 2 heterocycles. The van der Waals surface area contributed by atoms with E-state index in [2.05, 4.69) is 42.8 Å². The molecule has 1 aliphatic carbocycles. The van der Waals surface area contributed by atoms with E-state index in [0.29, 0.717) is 25.7 Å². The lowest BCUT2D eigenvalue weighted by Crippen LogP contribution is -2.43. The predicted molar refractivity (Wildman–Crippen MR) is 126 cm³/mol. The van der Waals surface area contributed by atoms with Crippen LogP contribution in [0.4, 0.5) is 4.79 Å². The van der Waals surface area contributed by atoms with E-state index in [1.165, 1.54) is 15.4 Å². The van der Waals surface area contributed by atoms with Gasteiger partial charge in [0, 0.05) is 42.3 Å². The van der Waals surface area contributed by atoms with Crippen LogP contribution in [0.2, 0.25) is 0 Å². The second-order valence-corrected chi connectivity index (χ2v) is 9.16. The minimum Gasteiger partial charge on any atom is -0.383 e. The Kier molecular flexibility index (Phi) is 8.22. The van der Waals surface area contributed by atoms with E-state index >= 15 is 0 Å². The summed E-state index contributed by atoms with van der Waals surface area (Å²) >= 11 is 1.82. The number of ether oxygens (including phenoxy) is 1. The standard InChI is InChI=1S/C23H34N4O2S/c1-5-6-18-9-10-24-20-13-21(30-22(18)20)17(3)25-14-16(2)15-27(11-12-29-4)23(28)26-19-7-8-19/h9-10,13-14,19-20,24H,5-8,11-12,15H2,1-4H3,(H,26,28)/b16-14+,25-17?. The topological polar surface area (TPSA) is 66.0 Å². The molecule has 0 aromatic carbocycles. The van der Waals surface area contributed by atoms with Crippen LogP contribution in [0, 0.1) is 0 Å². The molecule has 30 heavy (non-hydrogen) atoms. The molecule has 0 aromatic heterocycles. The molecule has 7 heteroatoms. The lowest BCUT2D eigenvalue weighted by atomic mass is 10.0. The molecule has 0 radical (unpaired) electrons. The molecule has 164 valence electrons. The van der Waals surface area contributed by atoms with E-state index in [9.17, 15) is 4.79 Å². The maximum absolute atomic E-state index is 12.5. The number of carbonyl (C=O) groups excluding carboxylic acids is 1. The van der Waals surface area contributed by atoms with Gasteiger partial charge < -0.3 is 20.3 Å².